The number of anilines is 1. The minimum atomic E-state index is -0.332. The fourth-order valence-electron chi connectivity index (χ4n) is 4.22. The highest BCUT2D eigenvalue weighted by Crippen LogP contribution is 2.36. The summed E-state index contributed by atoms with van der Waals surface area (Å²) in [6.45, 7) is 6.72. The number of rotatable bonds is 3. The summed E-state index contributed by atoms with van der Waals surface area (Å²) in [7, 11) is 0. The van der Waals surface area contributed by atoms with E-state index in [9.17, 15) is 14.0 Å². The molecular formula is C20H27FN2O2. The molecule has 1 aromatic carbocycles. The maximum absolute atomic E-state index is 13.2. The smallest absolute Gasteiger partial charge is 0.229 e. The van der Waals surface area contributed by atoms with Crippen molar-refractivity contribution in [3.8, 4) is 0 Å². The molecule has 3 rings (SSSR count). The summed E-state index contributed by atoms with van der Waals surface area (Å²) in [5.74, 6) is 0.364. The van der Waals surface area contributed by atoms with E-state index in [0.29, 0.717) is 29.6 Å². The van der Waals surface area contributed by atoms with Crippen LogP contribution in [0.1, 0.15) is 45.1 Å². The van der Waals surface area contributed by atoms with Gasteiger partial charge in [0, 0.05) is 24.7 Å². The van der Waals surface area contributed by atoms with E-state index < -0.39 is 0 Å². The van der Waals surface area contributed by atoms with Gasteiger partial charge >= 0.3 is 0 Å². The van der Waals surface area contributed by atoms with Gasteiger partial charge in [-0.1, -0.05) is 26.7 Å². The first kappa shape index (κ1) is 17.9. The van der Waals surface area contributed by atoms with Gasteiger partial charge in [-0.3, -0.25) is 9.59 Å². The van der Waals surface area contributed by atoms with Gasteiger partial charge in [-0.05, 0) is 48.9 Å². The SMILES string of the molecule is Cc1cc(F)ccc1NC(=O)[C@H]1CC(=O)N([C@@H]2CCC[C@H](C)[C@@H]2C)C1. The van der Waals surface area contributed by atoms with Gasteiger partial charge in [0.05, 0.1) is 5.92 Å². The monoisotopic (exact) mass is 346 g/mol. The van der Waals surface area contributed by atoms with Crippen LogP contribution in [0, 0.1) is 30.5 Å². The van der Waals surface area contributed by atoms with Crippen molar-refractivity contribution in [1.82, 2.24) is 4.90 Å². The Hall–Kier alpha value is -1.91. The number of halogens is 1. The van der Waals surface area contributed by atoms with Gasteiger partial charge in [-0.2, -0.15) is 0 Å². The number of carbonyl (C=O) groups is 2. The van der Waals surface area contributed by atoms with Crippen LogP contribution in [0.3, 0.4) is 0 Å². The topological polar surface area (TPSA) is 49.4 Å². The van der Waals surface area contributed by atoms with E-state index in [1.54, 1.807) is 13.0 Å². The van der Waals surface area contributed by atoms with Crippen LogP contribution in [0.4, 0.5) is 10.1 Å². The molecule has 2 fully saturated rings. The van der Waals surface area contributed by atoms with Crippen molar-refractivity contribution in [1.29, 1.82) is 0 Å². The molecule has 1 heterocycles. The third-order valence-corrected chi connectivity index (χ3v) is 6.04. The molecule has 1 aliphatic carbocycles. The van der Waals surface area contributed by atoms with Crippen molar-refractivity contribution in [3.63, 3.8) is 0 Å². The molecule has 4 atom stereocenters. The summed E-state index contributed by atoms with van der Waals surface area (Å²) in [5, 5.41) is 2.86. The molecule has 1 saturated carbocycles. The summed E-state index contributed by atoms with van der Waals surface area (Å²) >= 11 is 0. The molecule has 0 radical (unpaired) electrons. The highest BCUT2D eigenvalue weighted by Gasteiger charge is 2.41. The quantitative estimate of drug-likeness (QED) is 0.906. The van der Waals surface area contributed by atoms with Crippen LogP contribution < -0.4 is 5.32 Å². The highest BCUT2D eigenvalue weighted by molar-refractivity contribution is 5.97. The molecule has 5 heteroatoms. The predicted octanol–water partition coefficient (Wildman–Crippen LogP) is 3.75. The Morgan fingerprint density at radius 1 is 1.28 bits per heavy atom. The first-order valence-corrected chi connectivity index (χ1v) is 9.23. The van der Waals surface area contributed by atoms with E-state index in [4.69, 9.17) is 0 Å². The van der Waals surface area contributed by atoms with Gasteiger partial charge in [0.25, 0.3) is 0 Å². The lowest BCUT2D eigenvalue weighted by molar-refractivity contribution is -0.131. The van der Waals surface area contributed by atoms with Gasteiger partial charge in [0.15, 0.2) is 0 Å². The van der Waals surface area contributed by atoms with Crippen molar-refractivity contribution in [2.24, 2.45) is 17.8 Å². The second-order valence-corrected chi connectivity index (χ2v) is 7.73. The van der Waals surface area contributed by atoms with E-state index in [0.717, 1.165) is 12.8 Å². The normalized spacial score (nSPS) is 29.8. The average Bonchev–Trinajstić information content (AvgIpc) is 2.94. The molecule has 0 unspecified atom stereocenters. The third-order valence-electron chi connectivity index (χ3n) is 6.04. The first-order valence-electron chi connectivity index (χ1n) is 9.23. The molecule has 136 valence electrons. The molecule has 0 spiro atoms. The fourth-order valence-corrected chi connectivity index (χ4v) is 4.22. The molecule has 0 bridgehead atoms. The molecule has 1 aliphatic heterocycles. The van der Waals surface area contributed by atoms with Crippen LogP contribution in [0.5, 0.6) is 0 Å². The lowest BCUT2D eigenvalue weighted by Crippen LogP contribution is -2.45. The molecular weight excluding hydrogens is 319 g/mol. The zero-order chi connectivity index (χ0) is 18.1. The molecule has 0 aromatic heterocycles. The van der Waals surface area contributed by atoms with Crippen LogP contribution in [-0.4, -0.2) is 29.3 Å². The molecule has 2 amide bonds. The zero-order valence-corrected chi connectivity index (χ0v) is 15.2. The van der Waals surface area contributed by atoms with Gasteiger partial charge < -0.3 is 10.2 Å². The van der Waals surface area contributed by atoms with Gasteiger partial charge in [-0.25, -0.2) is 4.39 Å². The second-order valence-electron chi connectivity index (χ2n) is 7.73. The summed E-state index contributed by atoms with van der Waals surface area (Å²) in [5.41, 5.74) is 1.29. The molecule has 1 saturated heterocycles. The van der Waals surface area contributed by atoms with Crippen molar-refractivity contribution in [3.05, 3.63) is 29.6 Å². The summed E-state index contributed by atoms with van der Waals surface area (Å²) in [6, 6.07) is 4.55. The maximum Gasteiger partial charge on any atom is 0.229 e. The number of hydrogen-bond acceptors (Lipinski definition) is 2. The first-order chi connectivity index (χ1) is 11.9. The van der Waals surface area contributed by atoms with E-state index in [1.807, 2.05) is 4.90 Å². The molecule has 25 heavy (non-hydrogen) atoms. The number of carbonyl (C=O) groups excluding carboxylic acids is 2. The van der Waals surface area contributed by atoms with Crippen LogP contribution in [-0.2, 0) is 9.59 Å². The van der Waals surface area contributed by atoms with Gasteiger partial charge in [-0.15, -0.1) is 0 Å². The van der Waals surface area contributed by atoms with E-state index in [1.165, 1.54) is 18.6 Å². The Labute approximate surface area is 148 Å². The summed E-state index contributed by atoms with van der Waals surface area (Å²) in [6.07, 6.45) is 3.66. The minimum absolute atomic E-state index is 0.0851. The summed E-state index contributed by atoms with van der Waals surface area (Å²) < 4.78 is 13.2. The highest BCUT2D eigenvalue weighted by atomic mass is 19.1. The standard InChI is InChI=1S/C20H27FN2O2/c1-12-5-4-6-18(14(12)3)23-11-15(10-19(23)24)20(25)22-17-8-7-16(21)9-13(17)2/h7-9,12,14-15,18H,4-6,10-11H2,1-3H3,(H,22,25)/t12-,14-,15-,18+/m0/s1. The Bertz CT molecular complexity index is 676. The molecule has 1 N–H and O–H groups in total. The Morgan fingerprint density at radius 2 is 2.04 bits per heavy atom. The molecule has 2 aliphatic rings. The van der Waals surface area contributed by atoms with Crippen LogP contribution in [0.25, 0.3) is 0 Å². The Balaban J connectivity index is 1.66. The number of nitrogens with one attached hydrogen (secondary N) is 1. The van der Waals surface area contributed by atoms with Crippen molar-refractivity contribution >= 4 is 17.5 Å². The van der Waals surface area contributed by atoms with Crippen molar-refractivity contribution < 1.29 is 14.0 Å². The van der Waals surface area contributed by atoms with Crippen molar-refractivity contribution in [2.75, 3.05) is 11.9 Å². The number of nitrogens with zero attached hydrogens (tertiary/aromatic N) is 1. The fraction of sp³-hybridized carbons (Fsp3) is 0.600. The summed E-state index contributed by atoms with van der Waals surface area (Å²) in [4.78, 5) is 27.0. The van der Waals surface area contributed by atoms with E-state index in [-0.39, 0.29) is 36.0 Å². The number of hydrogen-bond donors (Lipinski definition) is 1. The van der Waals surface area contributed by atoms with E-state index >= 15 is 0 Å². The maximum atomic E-state index is 13.2. The molecule has 1 aromatic rings. The Kier molecular flexibility index (Phi) is 5.11. The largest absolute Gasteiger partial charge is 0.339 e. The van der Waals surface area contributed by atoms with Gasteiger partial charge in [0.1, 0.15) is 5.82 Å². The second kappa shape index (κ2) is 7.14. The minimum Gasteiger partial charge on any atom is -0.339 e. The lowest BCUT2D eigenvalue weighted by Gasteiger charge is -2.40. The van der Waals surface area contributed by atoms with Crippen molar-refractivity contribution in [2.45, 2.75) is 52.5 Å². The number of likely N-dealkylation sites (tertiary alicyclic amines) is 1. The average molecular weight is 346 g/mol. The Morgan fingerprint density at radius 3 is 2.76 bits per heavy atom. The number of amides is 2. The van der Waals surface area contributed by atoms with Crippen LogP contribution in [0.15, 0.2) is 18.2 Å². The predicted molar refractivity (Wildman–Crippen MR) is 95.6 cm³/mol. The van der Waals surface area contributed by atoms with Crippen LogP contribution in [0.2, 0.25) is 0 Å². The lowest BCUT2D eigenvalue weighted by atomic mass is 9.77. The molecule has 4 nitrogen and oxygen atoms in total. The van der Waals surface area contributed by atoms with E-state index in [2.05, 4.69) is 19.2 Å². The van der Waals surface area contributed by atoms with Gasteiger partial charge in [0.2, 0.25) is 11.8 Å². The third kappa shape index (κ3) is 3.70. The number of benzene rings is 1. The zero-order valence-electron chi connectivity index (χ0n) is 15.2. The van der Waals surface area contributed by atoms with Crippen LogP contribution >= 0.6 is 0 Å². The number of aryl methyl sites for hydroxylation is 1.